The standard InChI is InChI=1S/C6H10F2O3S/c1-2-3-12(11)4-6(7,8)5(9)10/h2-4H2,1H3,(H,9,10). The number of hydrogen-bond donors (Lipinski definition) is 1. The molecule has 1 unspecified atom stereocenters. The minimum Gasteiger partial charge on any atom is -0.477 e. The van der Waals surface area contributed by atoms with Crippen LogP contribution in [0.5, 0.6) is 0 Å². The van der Waals surface area contributed by atoms with Crippen molar-refractivity contribution in [3.05, 3.63) is 0 Å². The number of rotatable bonds is 5. The number of carbonyl (C=O) groups is 1. The van der Waals surface area contributed by atoms with E-state index in [0.29, 0.717) is 6.42 Å². The quantitative estimate of drug-likeness (QED) is 0.716. The average Bonchev–Trinajstić information content (AvgIpc) is 1.85. The van der Waals surface area contributed by atoms with Gasteiger partial charge in [0.15, 0.2) is 0 Å². The molecule has 0 aromatic heterocycles. The molecule has 1 N–H and O–H groups in total. The van der Waals surface area contributed by atoms with Crippen LogP contribution in [-0.2, 0) is 15.6 Å². The van der Waals surface area contributed by atoms with E-state index in [1.165, 1.54) is 0 Å². The van der Waals surface area contributed by atoms with Crippen LogP contribution in [0.2, 0.25) is 0 Å². The minimum absolute atomic E-state index is 0.114. The van der Waals surface area contributed by atoms with Crippen LogP contribution in [-0.4, -0.2) is 32.7 Å². The first-order chi connectivity index (χ1) is 5.40. The largest absolute Gasteiger partial charge is 0.477 e. The molecule has 3 nitrogen and oxygen atoms in total. The van der Waals surface area contributed by atoms with Crippen LogP contribution in [0.1, 0.15) is 13.3 Å². The normalized spacial score (nSPS) is 14.2. The highest BCUT2D eigenvalue weighted by molar-refractivity contribution is 7.85. The first-order valence-electron chi connectivity index (χ1n) is 3.36. The highest BCUT2D eigenvalue weighted by Gasteiger charge is 2.40. The van der Waals surface area contributed by atoms with E-state index < -0.39 is 28.4 Å². The minimum atomic E-state index is -3.86. The number of carboxylic acids is 1. The molecule has 1 atom stereocenters. The van der Waals surface area contributed by atoms with Crippen LogP contribution in [0.4, 0.5) is 8.78 Å². The second kappa shape index (κ2) is 4.49. The summed E-state index contributed by atoms with van der Waals surface area (Å²) >= 11 is 0. The summed E-state index contributed by atoms with van der Waals surface area (Å²) in [4.78, 5) is 9.88. The second-order valence-corrected chi connectivity index (χ2v) is 3.87. The lowest BCUT2D eigenvalue weighted by Crippen LogP contribution is -2.34. The molecule has 0 bridgehead atoms. The Bertz CT molecular complexity index is 193. The van der Waals surface area contributed by atoms with E-state index in [-0.39, 0.29) is 5.75 Å². The fraction of sp³-hybridized carbons (Fsp3) is 0.833. The van der Waals surface area contributed by atoms with Crippen LogP contribution in [0, 0.1) is 0 Å². The maximum absolute atomic E-state index is 12.3. The second-order valence-electron chi connectivity index (χ2n) is 2.30. The zero-order valence-corrected chi connectivity index (χ0v) is 7.37. The SMILES string of the molecule is CCCS(=O)CC(F)(F)C(=O)O. The van der Waals surface area contributed by atoms with Crippen LogP contribution in [0.3, 0.4) is 0 Å². The summed E-state index contributed by atoms with van der Waals surface area (Å²) in [5.74, 6) is -7.05. The zero-order valence-electron chi connectivity index (χ0n) is 6.55. The first-order valence-corrected chi connectivity index (χ1v) is 4.85. The van der Waals surface area contributed by atoms with Gasteiger partial charge in [-0.3, -0.25) is 4.21 Å². The molecule has 0 saturated heterocycles. The Labute approximate surface area is 71.2 Å². The number of aliphatic carboxylic acids is 1. The van der Waals surface area contributed by atoms with Gasteiger partial charge in [0, 0.05) is 16.6 Å². The van der Waals surface area contributed by atoms with Crippen molar-refractivity contribution in [3.8, 4) is 0 Å². The lowest BCUT2D eigenvalue weighted by atomic mass is 10.4. The van der Waals surface area contributed by atoms with Gasteiger partial charge in [-0.15, -0.1) is 0 Å². The Morgan fingerprint density at radius 1 is 1.58 bits per heavy atom. The van der Waals surface area contributed by atoms with Gasteiger partial charge in [-0.2, -0.15) is 8.78 Å². The lowest BCUT2D eigenvalue weighted by molar-refractivity contribution is -0.161. The summed E-state index contributed by atoms with van der Waals surface area (Å²) in [5, 5.41) is 7.97. The smallest absolute Gasteiger partial charge is 0.375 e. The fourth-order valence-corrected chi connectivity index (χ4v) is 1.69. The lowest BCUT2D eigenvalue weighted by Gasteiger charge is -2.09. The van der Waals surface area contributed by atoms with E-state index in [0.717, 1.165) is 0 Å². The first kappa shape index (κ1) is 11.5. The highest BCUT2D eigenvalue weighted by Crippen LogP contribution is 2.15. The van der Waals surface area contributed by atoms with E-state index in [9.17, 15) is 17.8 Å². The summed E-state index contributed by atoms with van der Waals surface area (Å²) < 4.78 is 35.4. The molecule has 0 fully saturated rings. The maximum Gasteiger partial charge on any atom is 0.375 e. The molecule has 0 aliphatic rings. The Hall–Kier alpha value is -0.520. The molecule has 0 aliphatic heterocycles. The molecule has 0 radical (unpaired) electrons. The van der Waals surface area contributed by atoms with Gasteiger partial charge in [0.2, 0.25) is 0 Å². The van der Waals surface area contributed by atoms with Crippen molar-refractivity contribution in [2.45, 2.75) is 19.3 Å². The van der Waals surface area contributed by atoms with Crippen molar-refractivity contribution in [2.24, 2.45) is 0 Å². The molecule has 0 heterocycles. The van der Waals surface area contributed by atoms with Gasteiger partial charge in [0.1, 0.15) is 0 Å². The number of alkyl halides is 2. The van der Waals surface area contributed by atoms with Crippen LogP contribution in [0.15, 0.2) is 0 Å². The van der Waals surface area contributed by atoms with Crippen molar-refractivity contribution >= 4 is 16.8 Å². The molecule has 0 rings (SSSR count). The van der Waals surface area contributed by atoms with Crippen LogP contribution >= 0.6 is 0 Å². The molecule has 0 saturated carbocycles. The van der Waals surface area contributed by atoms with Crippen molar-refractivity contribution in [1.82, 2.24) is 0 Å². The molecule has 12 heavy (non-hydrogen) atoms. The molecule has 72 valence electrons. The van der Waals surface area contributed by atoms with Crippen molar-refractivity contribution in [1.29, 1.82) is 0 Å². The zero-order chi connectivity index (χ0) is 9.78. The number of carboxylic acid groups (broad SMARTS) is 1. The summed E-state index contributed by atoms with van der Waals surface area (Å²) in [6.45, 7) is 1.69. The maximum atomic E-state index is 12.3. The van der Waals surface area contributed by atoms with E-state index >= 15 is 0 Å². The fourth-order valence-electron chi connectivity index (χ4n) is 0.564. The monoisotopic (exact) mass is 200 g/mol. The third-order valence-electron chi connectivity index (χ3n) is 1.09. The van der Waals surface area contributed by atoms with Crippen molar-refractivity contribution < 1.29 is 22.9 Å². The van der Waals surface area contributed by atoms with Gasteiger partial charge < -0.3 is 5.11 Å². The molecule has 0 aromatic carbocycles. The summed E-state index contributed by atoms with van der Waals surface area (Å²) in [6, 6.07) is 0. The van der Waals surface area contributed by atoms with Gasteiger partial charge in [0.25, 0.3) is 0 Å². The van der Waals surface area contributed by atoms with E-state index in [2.05, 4.69) is 0 Å². The topological polar surface area (TPSA) is 54.4 Å². The van der Waals surface area contributed by atoms with Crippen molar-refractivity contribution in [2.75, 3.05) is 11.5 Å². The average molecular weight is 200 g/mol. The predicted molar refractivity (Wildman–Crippen MR) is 40.8 cm³/mol. The van der Waals surface area contributed by atoms with Gasteiger partial charge >= 0.3 is 11.9 Å². The Kier molecular flexibility index (Phi) is 4.30. The highest BCUT2D eigenvalue weighted by atomic mass is 32.2. The van der Waals surface area contributed by atoms with Gasteiger partial charge in [-0.1, -0.05) is 6.92 Å². The molecule has 0 spiro atoms. The van der Waals surface area contributed by atoms with Gasteiger partial charge in [0.05, 0.1) is 5.75 Å². The number of halogens is 2. The summed E-state index contributed by atoms with van der Waals surface area (Å²) in [7, 11) is -1.74. The predicted octanol–water partition coefficient (Wildman–Crippen LogP) is 0.865. The van der Waals surface area contributed by atoms with E-state index in [1.807, 2.05) is 0 Å². The van der Waals surface area contributed by atoms with E-state index in [1.54, 1.807) is 6.92 Å². The van der Waals surface area contributed by atoms with Gasteiger partial charge in [-0.25, -0.2) is 4.79 Å². The third kappa shape index (κ3) is 3.75. The van der Waals surface area contributed by atoms with Crippen LogP contribution in [0.25, 0.3) is 0 Å². The Balaban J connectivity index is 4.06. The molecular weight excluding hydrogens is 190 g/mol. The molecule has 0 amide bonds. The van der Waals surface area contributed by atoms with Crippen LogP contribution < -0.4 is 0 Å². The van der Waals surface area contributed by atoms with Crippen molar-refractivity contribution in [3.63, 3.8) is 0 Å². The number of hydrogen-bond acceptors (Lipinski definition) is 2. The van der Waals surface area contributed by atoms with E-state index in [4.69, 9.17) is 5.11 Å². The summed E-state index contributed by atoms with van der Waals surface area (Å²) in [5.41, 5.74) is 0. The molecule has 0 aliphatic carbocycles. The molecular formula is C6H10F2O3S. The third-order valence-corrected chi connectivity index (χ3v) is 2.64. The molecule has 6 heteroatoms. The summed E-state index contributed by atoms with van der Waals surface area (Å²) in [6.07, 6.45) is 0.502. The molecule has 0 aromatic rings. The van der Waals surface area contributed by atoms with Gasteiger partial charge in [-0.05, 0) is 6.42 Å². The Morgan fingerprint density at radius 3 is 2.42 bits per heavy atom. The Morgan fingerprint density at radius 2 is 2.08 bits per heavy atom.